The van der Waals surface area contributed by atoms with E-state index in [1.165, 1.54) is 43.2 Å². The SMILES string of the molecule is CCC1CCC(c2ccc(-c3ccc4c(c3)OC(C)CN4C(=O)NCc3ccccc3)cc2)CC1. The van der Waals surface area contributed by atoms with Crippen LogP contribution in [-0.2, 0) is 6.54 Å². The van der Waals surface area contributed by atoms with Gasteiger partial charge in [-0.15, -0.1) is 0 Å². The van der Waals surface area contributed by atoms with Gasteiger partial charge in [0.15, 0.2) is 0 Å². The molecule has 1 fully saturated rings. The summed E-state index contributed by atoms with van der Waals surface area (Å²) in [5, 5.41) is 3.05. The van der Waals surface area contributed by atoms with Crippen molar-refractivity contribution in [2.75, 3.05) is 11.4 Å². The van der Waals surface area contributed by atoms with Crippen LogP contribution in [-0.4, -0.2) is 18.7 Å². The number of anilines is 1. The summed E-state index contributed by atoms with van der Waals surface area (Å²) in [6.07, 6.45) is 6.59. The van der Waals surface area contributed by atoms with Crippen molar-refractivity contribution < 1.29 is 9.53 Å². The van der Waals surface area contributed by atoms with E-state index in [2.05, 4.69) is 48.6 Å². The zero-order chi connectivity index (χ0) is 24.2. The van der Waals surface area contributed by atoms with Crippen LogP contribution in [0.5, 0.6) is 5.75 Å². The van der Waals surface area contributed by atoms with E-state index < -0.39 is 0 Å². The van der Waals surface area contributed by atoms with Crippen molar-refractivity contribution in [2.24, 2.45) is 5.92 Å². The van der Waals surface area contributed by atoms with E-state index in [-0.39, 0.29) is 12.1 Å². The molecule has 2 aliphatic rings. The van der Waals surface area contributed by atoms with Gasteiger partial charge in [0.1, 0.15) is 11.9 Å². The van der Waals surface area contributed by atoms with Gasteiger partial charge in [0, 0.05) is 6.54 Å². The Morgan fingerprint density at radius 3 is 2.37 bits per heavy atom. The van der Waals surface area contributed by atoms with Gasteiger partial charge in [0.2, 0.25) is 0 Å². The number of urea groups is 1. The molecule has 0 aromatic heterocycles. The van der Waals surface area contributed by atoms with E-state index in [0.717, 1.165) is 28.5 Å². The molecule has 182 valence electrons. The second-order valence-electron chi connectivity index (χ2n) is 10.1. The lowest BCUT2D eigenvalue weighted by Crippen LogP contribution is -2.47. The molecule has 1 saturated carbocycles. The minimum absolute atomic E-state index is 0.0687. The van der Waals surface area contributed by atoms with Crippen LogP contribution in [0, 0.1) is 5.92 Å². The second-order valence-corrected chi connectivity index (χ2v) is 10.1. The summed E-state index contributed by atoms with van der Waals surface area (Å²) in [4.78, 5) is 14.8. The van der Waals surface area contributed by atoms with Crippen LogP contribution in [0.15, 0.2) is 72.8 Å². The lowest BCUT2D eigenvalue weighted by atomic mass is 9.77. The van der Waals surface area contributed by atoms with Crippen LogP contribution >= 0.6 is 0 Å². The van der Waals surface area contributed by atoms with Gasteiger partial charge in [-0.2, -0.15) is 0 Å². The highest BCUT2D eigenvalue weighted by Crippen LogP contribution is 2.39. The predicted octanol–water partition coefficient (Wildman–Crippen LogP) is 7.53. The van der Waals surface area contributed by atoms with Crippen molar-refractivity contribution in [3.63, 3.8) is 0 Å². The van der Waals surface area contributed by atoms with Gasteiger partial charge in [0.05, 0.1) is 12.2 Å². The third-order valence-electron chi connectivity index (χ3n) is 7.69. The van der Waals surface area contributed by atoms with Crippen LogP contribution in [0.1, 0.15) is 63.0 Å². The molecular formula is C31H36N2O2. The minimum atomic E-state index is -0.0971. The molecule has 0 bridgehead atoms. The number of nitrogens with zero attached hydrogens (tertiary/aromatic N) is 1. The average Bonchev–Trinajstić information content (AvgIpc) is 2.91. The molecule has 1 N–H and O–H groups in total. The summed E-state index contributed by atoms with van der Waals surface area (Å²) < 4.78 is 6.16. The van der Waals surface area contributed by atoms with Crippen LogP contribution in [0.4, 0.5) is 10.5 Å². The van der Waals surface area contributed by atoms with Crippen LogP contribution in [0.2, 0.25) is 0 Å². The van der Waals surface area contributed by atoms with E-state index in [1.54, 1.807) is 4.90 Å². The Morgan fingerprint density at radius 2 is 1.66 bits per heavy atom. The van der Waals surface area contributed by atoms with Crippen molar-refractivity contribution in [1.29, 1.82) is 0 Å². The normalized spacial score (nSPS) is 21.7. The molecule has 4 heteroatoms. The Labute approximate surface area is 209 Å². The number of amides is 2. The van der Waals surface area contributed by atoms with Crippen molar-refractivity contribution in [3.05, 3.63) is 83.9 Å². The third kappa shape index (κ3) is 5.37. The van der Waals surface area contributed by atoms with Crippen LogP contribution in [0.25, 0.3) is 11.1 Å². The maximum atomic E-state index is 13.0. The monoisotopic (exact) mass is 468 g/mol. The smallest absolute Gasteiger partial charge is 0.322 e. The number of fused-ring (bicyclic) bond motifs is 1. The van der Waals surface area contributed by atoms with Gasteiger partial charge in [-0.25, -0.2) is 4.79 Å². The lowest BCUT2D eigenvalue weighted by molar-refractivity contribution is 0.205. The van der Waals surface area contributed by atoms with Crippen molar-refractivity contribution in [2.45, 2.75) is 64.5 Å². The molecule has 1 aliphatic carbocycles. The second kappa shape index (κ2) is 10.6. The standard InChI is InChI=1S/C31H36N2O2/c1-3-23-9-11-25(12-10-23)26-13-15-27(16-14-26)28-17-18-29-30(19-28)35-22(2)21-33(29)31(34)32-20-24-7-5-4-6-8-24/h4-8,13-19,22-23,25H,3,9-12,20-21H2,1-2H3,(H,32,34). The van der Waals surface area contributed by atoms with Gasteiger partial charge < -0.3 is 10.1 Å². The Morgan fingerprint density at radius 1 is 0.943 bits per heavy atom. The molecule has 35 heavy (non-hydrogen) atoms. The maximum absolute atomic E-state index is 13.0. The summed E-state index contributed by atoms with van der Waals surface area (Å²) in [5.74, 6) is 2.38. The summed E-state index contributed by atoms with van der Waals surface area (Å²) in [5.41, 5.74) is 5.66. The number of hydrogen-bond acceptors (Lipinski definition) is 2. The quantitative estimate of drug-likeness (QED) is 0.420. The topological polar surface area (TPSA) is 41.6 Å². The number of ether oxygens (including phenoxy) is 1. The summed E-state index contributed by atoms with van der Waals surface area (Å²) >= 11 is 0. The number of hydrogen-bond donors (Lipinski definition) is 1. The van der Waals surface area contributed by atoms with E-state index in [1.807, 2.05) is 43.3 Å². The van der Waals surface area contributed by atoms with E-state index in [4.69, 9.17) is 4.74 Å². The molecule has 0 saturated heterocycles. The predicted molar refractivity (Wildman–Crippen MR) is 143 cm³/mol. The maximum Gasteiger partial charge on any atom is 0.322 e. The van der Waals surface area contributed by atoms with Gasteiger partial charge in [-0.1, -0.05) is 74.0 Å². The Balaban J connectivity index is 1.29. The molecule has 0 spiro atoms. The first-order valence-corrected chi connectivity index (χ1v) is 13.1. The molecule has 2 amide bonds. The lowest BCUT2D eigenvalue weighted by Gasteiger charge is -2.33. The molecule has 1 heterocycles. The number of carbonyl (C=O) groups excluding carboxylic acids is 1. The van der Waals surface area contributed by atoms with Crippen LogP contribution in [0.3, 0.4) is 0 Å². The zero-order valence-corrected chi connectivity index (χ0v) is 20.9. The number of carbonyl (C=O) groups is 1. The first-order chi connectivity index (χ1) is 17.1. The van der Waals surface area contributed by atoms with Crippen molar-refractivity contribution >= 4 is 11.7 Å². The highest BCUT2D eigenvalue weighted by molar-refractivity contribution is 5.94. The minimum Gasteiger partial charge on any atom is -0.487 e. The summed E-state index contributed by atoms with van der Waals surface area (Å²) in [6, 6.07) is 25.1. The highest BCUT2D eigenvalue weighted by atomic mass is 16.5. The summed E-state index contributed by atoms with van der Waals surface area (Å²) in [6.45, 7) is 5.36. The molecule has 3 aromatic carbocycles. The largest absolute Gasteiger partial charge is 0.487 e. The fraction of sp³-hybridized carbons (Fsp3) is 0.387. The number of rotatable bonds is 5. The van der Waals surface area contributed by atoms with Crippen molar-refractivity contribution in [3.8, 4) is 16.9 Å². The van der Waals surface area contributed by atoms with E-state index in [9.17, 15) is 4.79 Å². The molecule has 1 atom stereocenters. The first kappa shape index (κ1) is 23.5. The van der Waals surface area contributed by atoms with Gasteiger partial charge in [-0.05, 0) is 78.8 Å². The Bertz CT molecular complexity index is 1130. The van der Waals surface area contributed by atoms with Gasteiger partial charge >= 0.3 is 6.03 Å². The van der Waals surface area contributed by atoms with E-state index in [0.29, 0.717) is 19.0 Å². The Kier molecular flexibility index (Phi) is 7.08. The Hall–Kier alpha value is -3.27. The molecule has 5 rings (SSSR count). The molecule has 4 nitrogen and oxygen atoms in total. The fourth-order valence-corrected chi connectivity index (χ4v) is 5.53. The summed E-state index contributed by atoms with van der Waals surface area (Å²) in [7, 11) is 0. The highest BCUT2D eigenvalue weighted by Gasteiger charge is 2.28. The molecule has 3 aromatic rings. The first-order valence-electron chi connectivity index (χ1n) is 13.1. The molecule has 0 radical (unpaired) electrons. The van der Waals surface area contributed by atoms with E-state index >= 15 is 0 Å². The number of benzene rings is 3. The van der Waals surface area contributed by atoms with Gasteiger partial charge in [0.25, 0.3) is 0 Å². The fourth-order valence-electron chi connectivity index (χ4n) is 5.53. The molecule has 1 aliphatic heterocycles. The third-order valence-corrected chi connectivity index (χ3v) is 7.69. The van der Waals surface area contributed by atoms with Crippen molar-refractivity contribution in [1.82, 2.24) is 5.32 Å². The zero-order valence-electron chi connectivity index (χ0n) is 20.9. The number of nitrogens with one attached hydrogen (secondary N) is 1. The van der Waals surface area contributed by atoms with Crippen LogP contribution < -0.4 is 15.0 Å². The van der Waals surface area contributed by atoms with Gasteiger partial charge in [-0.3, -0.25) is 4.90 Å². The average molecular weight is 469 g/mol. The molecular weight excluding hydrogens is 432 g/mol. The molecule has 1 unspecified atom stereocenters.